The van der Waals surface area contributed by atoms with Crippen LogP contribution in [0.2, 0.25) is 0 Å². The molecule has 0 fully saturated rings. The Kier molecular flexibility index (Phi) is 5.80. The number of nitrogens with zero attached hydrogens (tertiary/aromatic N) is 1. The highest BCUT2D eigenvalue weighted by Crippen LogP contribution is 2.33. The Labute approximate surface area is 129 Å². The number of benzene rings is 1. The van der Waals surface area contributed by atoms with Crippen molar-refractivity contribution in [3.05, 3.63) is 41.1 Å². The van der Waals surface area contributed by atoms with E-state index in [1.54, 1.807) is 0 Å². The van der Waals surface area contributed by atoms with Gasteiger partial charge in [0, 0.05) is 11.8 Å². The van der Waals surface area contributed by atoms with Crippen LogP contribution in [0.25, 0.3) is 0 Å². The number of rotatable bonds is 5. The molecule has 0 N–H and O–H groups in total. The van der Waals surface area contributed by atoms with Crippen molar-refractivity contribution in [3.8, 4) is 0 Å². The molecule has 0 aromatic heterocycles. The zero-order valence-corrected chi connectivity index (χ0v) is 13.5. The number of alkyl halides is 3. The van der Waals surface area contributed by atoms with Crippen molar-refractivity contribution in [2.45, 2.75) is 52.6 Å². The van der Waals surface area contributed by atoms with Gasteiger partial charge < -0.3 is 0 Å². The summed E-state index contributed by atoms with van der Waals surface area (Å²) in [7, 11) is 0. The van der Waals surface area contributed by atoms with E-state index in [1.807, 2.05) is 45.9 Å². The lowest BCUT2D eigenvalue weighted by molar-refractivity contribution is -0.165. The van der Waals surface area contributed by atoms with Gasteiger partial charge in [-0.25, -0.2) is 0 Å². The van der Waals surface area contributed by atoms with Gasteiger partial charge in [0.15, 0.2) is 0 Å². The maximum absolute atomic E-state index is 12.3. The number of hydrogen-bond acceptors (Lipinski definition) is 1. The summed E-state index contributed by atoms with van der Waals surface area (Å²) in [4.78, 5) is 11.0. The van der Waals surface area contributed by atoms with Gasteiger partial charge in [-0.1, -0.05) is 45.9 Å². The maximum atomic E-state index is 12.3. The normalized spacial score (nSPS) is 12.9. The van der Waals surface area contributed by atoms with E-state index in [2.05, 4.69) is 5.32 Å². The quantitative estimate of drug-likeness (QED) is 0.687. The van der Waals surface area contributed by atoms with Crippen LogP contribution in [0.1, 0.15) is 57.6 Å². The van der Waals surface area contributed by atoms with Gasteiger partial charge in [-0.15, -0.1) is 0 Å². The van der Waals surface area contributed by atoms with Crippen molar-refractivity contribution in [2.75, 3.05) is 0 Å². The average molecular weight is 312 g/mol. The lowest BCUT2D eigenvalue weighted by atomic mass is 9.92. The predicted molar refractivity (Wildman–Crippen MR) is 81.2 cm³/mol. The van der Waals surface area contributed by atoms with Crippen molar-refractivity contribution in [2.24, 2.45) is 0 Å². The first-order valence-corrected chi connectivity index (χ1v) is 7.18. The molecule has 2 nitrogen and oxygen atoms in total. The van der Waals surface area contributed by atoms with E-state index in [1.165, 1.54) is 6.92 Å². The zero-order chi connectivity index (χ0) is 17.1. The van der Waals surface area contributed by atoms with Crippen molar-refractivity contribution >= 4 is 11.5 Å². The summed E-state index contributed by atoms with van der Waals surface area (Å²) in [5.41, 5.74) is 2.63. The number of carbonyl (C=O) groups excluding carboxylic acids is 1. The van der Waals surface area contributed by atoms with Crippen LogP contribution < -0.4 is 5.32 Å². The third kappa shape index (κ3) is 4.61. The number of para-hydroxylation sites is 1. The molecule has 0 saturated carbocycles. The molecule has 0 spiro atoms. The second kappa shape index (κ2) is 6.99. The molecule has 0 aliphatic rings. The van der Waals surface area contributed by atoms with E-state index in [-0.39, 0.29) is 17.5 Å². The van der Waals surface area contributed by atoms with E-state index in [9.17, 15) is 18.0 Å². The molecule has 1 aromatic carbocycles. The highest BCUT2D eigenvalue weighted by Gasteiger charge is 2.36. The molecule has 0 heterocycles. The molecular weight excluding hydrogens is 291 g/mol. The Bertz CT molecular complexity index is 546. The molecule has 0 atom stereocenters. The van der Waals surface area contributed by atoms with Gasteiger partial charge >= 0.3 is 6.18 Å². The second-order valence-corrected chi connectivity index (χ2v) is 5.85. The van der Waals surface area contributed by atoms with Crippen LogP contribution in [0.4, 0.5) is 18.9 Å². The fourth-order valence-electron chi connectivity index (χ4n) is 2.12. The Balaban J connectivity index is 3.21. The fraction of sp³-hybridized carbons (Fsp3) is 0.471. The summed E-state index contributed by atoms with van der Waals surface area (Å²) in [6.45, 7) is 9.40. The van der Waals surface area contributed by atoms with Crippen molar-refractivity contribution < 1.29 is 18.0 Å². The predicted octanol–water partition coefficient (Wildman–Crippen LogP) is 5.20. The topological polar surface area (TPSA) is 31.2 Å². The van der Waals surface area contributed by atoms with Gasteiger partial charge in [-0.3, -0.25) is 10.1 Å². The average Bonchev–Trinajstić information content (AvgIpc) is 2.36. The summed E-state index contributed by atoms with van der Waals surface area (Å²) in [5.74, 6) is -1.52. The summed E-state index contributed by atoms with van der Waals surface area (Å²) >= 11 is 0. The van der Waals surface area contributed by atoms with Crippen LogP contribution in [-0.4, -0.2) is 12.0 Å². The summed E-state index contributed by atoms with van der Waals surface area (Å²) < 4.78 is 37.0. The monoisotopic (exact) mass is 312 g/mol. The highest BCUT2D eigenvalue weighted by molar-refractivity contribution is 5.94. The van der Waals surface area contributed by atoms with E-state index >= 15 is 0 Å². The first kappa shape index (κ1) is 18.3. The van der Waals surface area contributed by atoms with Crippen LogP contribution in [0.3, 0.4) is 0 Å². The minimum absolute atomic E-state index is 0.0531. The Morgan fingerprint density at radius 3 is 1.91 bits per heavy atom. The molecule has 22 heavy (non-hydrogen) atoms. The SMILES string of the molecule is C/C(=C\C(=O)C(F)(F)F)[N]c1c(C(C)C)cccc1C(C)C. The second-order valence-electron chi connectivity index (χ2n) is 5.85. The molecule has 0 bridgehead atoms. The van der Waals surface area contributed by atoms with Gasteiger partial charge in [-0.2, -0.15) is 13.2 Å². The van der Waals surface area contributed by atoms with Gasteiger partial charge in [0.05, 0.1) is 5.69 Å². The molecule has 0 aliphatic heterocycles. The lowest BCUT2D eigenvalue weighted by Crippen LogP contribution is -2.21. The van der Waals surface area contributed by atoms with Crippen LogP contribution in [-0.2, 0) is 4.79 Å². The molecule has 1 radical (unpaired) electrons. The first-order chi connectivity index (χ1) is 10.0. The molecule has 0 aliphatic carbocycles. The van der Waals surface area contributed by atoms with Gasteiger partial charge in [0.2, 0.25) is 0 Å². The summed E-state index contributed by atoms with van der Waals surface area (Å²) in [5, 5.41) is 4.30. The number of allylic oxidation sites excluding steroid dienone is 2. The molecule has 0 unspecified atom stereocenters. The fourth-order valence-corrected chi connectivity index (χ4v) is 2.12. The number of carbonyl (C=O) groups is 1. The molecular formula is C17H21F3NO. The van der Waals surface area contributed by atoms with Crippen molar-refractivity contribution in [3.63, 3.8) is 0 Å². The van der Waals surface area contributed by atoms with Gasteiger partial charge in [0.1, 0.15) is 0 Å². The smallest absolute Gasteiger partial charge is 0.285 e. The van der Waals surface area contributed by atoms with E-state index in [0.717, 1.165) is 11.1 Å². The number of hydrogen-bond donors (Lipinski definition) is 0. The van der Waals surface area contributed by atoms with Crippen LogP contribution >= 0.6 is 0 Å². The van der Waals surface area contributed by atoms with Crippen LogP contribution in [0.5, 0.6) is 0 Å². The maximum Gasteiger partial charge on any atom is 0.454 e. The molecule has 0 saturated heterocycles. The number of halogens is 3. The van der Waals surface area contributed by atoms with Crippen molar-refractivity contribution in [1.82, 2.24) is 5.32 Å². The van der Waals surface area contributed by atoms with Crippen LogP contribution in [0.15, 0.2) is 30.0 Å². The van der Waals surface area contributed by atoms with E-state index in [0.29, 0.717) is 11.8 Å². The van der Waals surface area contributed by atoms with Crippen molar-refractivity contribution in [1.29, 1.82) is 0 Å². The number of ketones is 1. The molecule has 5 heteroatoms. The Morgan fingerprint density at radius 1 is 1.09 bits per heavy atom. The lowest BCUT2D eigenvalue weighted by Gasteiger charge is -2.19. The van der Waals surface area contributed by atoms with Gasteiger partial charge in [0.25, 0.3) is 5.78 Å². The minimum Gasteiger partial charge on any atom is -0.285 e. The van der Waals surface area contributed by atoms with E-state index in [4.69, 9.17) is 0 Å². The highest BCUT2D eigenvalue weighted by atomic mass is 19.4. The third-order valence-corrected chi connectivity index (χ3v) is 3.25. The third-order valence-electron chi connectivity index (χ3n) is 3.25. The zero-order valence-electron chi connectivity index (χ0n) is 13.5. The first-order valence-electron chi connectivity index (χ1n) is 7.18. The minimum atomic E-state index is -4.87. The molecule has 1 rings (SSSR count). The largest absolute Gasteiger partial charge is 0.454 e. The van der Waals surface area contributed by atoms with Gasteiger partial charge in [-0.05, 0) is 29.9 Å². The standard InChI is InChI=1S/C17H21F3NO/c1-10(2)13-7-6-8-14(11(3)4)16(13)21-12(5)9-15(22)17(18,19)20/h6-11H,1-5H3/b12-9+. The molecule has 0 amide bonds. The summed E-state index contributed by atoms with van der Waals surface area (Å²) in [6.07, 6.45) is -4.32. The summed E-state index contributed by atoms with van der Waals surface area (Å²) in [6, 6.07) is 5.74. The Morgan fingerprint density at radius 2 is 1.55 bits per heavy atom. The molecule has 121 valence electrons. The Hall–Kier alpha value is -1.78. The molecule has 1 aromatic rings. The van der Waals surface area contributed by atoms with E-state index < -0.39 is 12.0 Å². The van der Waals surface area contributed by atoms with Crippen LogP contribution in [0, 0.1) is 0 Å².